The summed E-state index contributed by atoms with van der Waals surface area (Å²) >= 11 is 0. The maximum absolute atomic E-state index is 9.81. The molecule has 0 unspecified atom stereocenters. The fraction of sp³-hybridized carbons (Fsp3) is 0.263. The molecule has 0 amide bonds. The fourth-order valence-corrected chi connectivity index (χ4v) is 3.02. The zero-order valence-electron chi connectivity index (χ0n) is 14.7. The van der Waals surface area contributed by atoms with Gasteiger partial charge in [0.25, 0.3) is 0 Å². The molecule has 0 aliphatic heterocycles. The molecule has 0 radical (unpaired) electrons. The van der Waals surface area contributed by atoms with Crippen LogP contribution >= 0.6 is 0 Å². The molecule has 6 nitrogen and oxygen atoms in total. The van der Waals surface area contributed by atoms with E-state index < -0.39 is 0 Å². The van der Waals surface area contributed by atoms with Crippen LogP contribution in [-0.4, -0.2) is 38.5 Å². The van der Waals surface area contributed by atoms with Crippen molar-refractivity contribution in [1.29, 1.82) is 0 Å². The Balaban J connectivity index is 2.27. The van der Waals surface area contributed by atoms with Gasteiger partial charge in [0.1, 0.15) is 0 Å². The monoisotopic (exact) mass is 343 g/mol. The van der Waals surface area contributed by atoms with Crippen molar-refractivity contribution in [2.45, 2.75) is 6.61 Å². The number of hydrogen-bond donors (Lipinski definition) is 2. The van der Waals surface area contributed by atoms with Gasteiger partial charge in [-0.25, -0.2) is 0 Å². The number of aliphatic hydroxyl groups is 1. The number of methoxy groups -OCH3 is 4. The van der Waals surface area contributed by atoms with Gasteiger partial charge in [0, 0.05) is 22.7 Å². The molecule has 0 fully saturated rings. The van der Waals surface area contributed by atoms with Gasteiger partial charge in [0.15, 0.2) is 23.0 Å². The smallest absolute Gasteiger partial charge is 0.162 e. The third-order valence-corrected chi connectivity index (χ3v) is 4.21. The highest BCUT2D eigenvalue weighted by Gasteiger charge is 2.18. The minimum atomic E-state index is -0.122. The molecule has 0 atom stereocenters. The van der Waals surface area contributed by atoms with Gasteiger partial charge in [-0.15, -0.1) is 0 Å². The van der Waals surface area contributed by atoms with Crippen LogP contribution in [0.25, 0.3) is 22.0 Å². The number of ether oxygens (including phenoxy) is 4. The maximum atomic E-state index is 9.81. The number of H-pyrrole nitrogens is 1. The molecule has 3 rings (SSSR count). The number of aliphatic hydroxyl groups excluding tert-OH is 1. The predicted molar refractivity (Wildman–Crippen MR) is 95.9 cm³/mol. The first kappa shape index (κ1) is 17.0. The lowest BCUT2D eigenvalue weighted by atomic mass is 10.0. The maximum Gasteiger partial charge on any atom is 0.162 e. The fourth-order valence-electron chi connectivity index (χ4n) is 3.02. The number of benzene rings is 2. The molecule has 2 aromatic carbocycles. The van der Waals surface area contributed by atoms with Crippen LogP contribution in [0.1, 0.15) is 5.69 Å². The lowest BCUT2D eigenvalue weighted by Gasteiger charge is -2.11. The summed E-state index contributed by atoms with van der Waals surface area (Å²) in [6.07, 6.45) is 0. The molecule has 1 aromatic heterocycles. The second-order valence-electron chi connectivity index (χ2n) is 5.46. The highest BCUT2D eigenvalue weighted by molar-refractivity contribution is 5.99. The summed E-state index contributed by atoms with van der Waals surface area (Å²) in [6.45, 7) is -0.122. The van der Waals surface area contributed by atoms with E-state index in [1.54, 1.807) is 28.4 Å². The summed E-state index contributed by atoms with van der Waals surface area (Å²) in [5.74, 6) is 2.52. The van der Waals surface area contributed by atoms with E-state index in [2.05, 4.69) is 4.98 Å². The Morgan fingerprint density at radius 2 is 1.40 bits per heavy atom. The Labute approximate surface area is 145 Å². The molecule has 3 aromatic rings. The van der Waals surface area contributed by atoms with Crippen molar-refractivity contribution in [3.8, 4) is 34.1 Å². The third kappa shape index (κ3) is 2.85. The van der Waals surface area contributed by atoms with Crippen molar-refractivity contribution in [3.05, 3.63) is 36.0 Å². The van der Waals surface area contributed by atoms with Crippen LogP contribution in [0.2, 0.25) is 0 Å². The van der Waals surface area contributed by atoms with Crippen LogP contribution in [0.5, 0.6) is 23.0 Å². The summed E-state index contributed by atoms with van der Waals surface area (Å²) < 4.78 is 21.5. The molecule has 0 saturated heterocycles. The standard InChI is InChI=1S/C19H21NO5/c1-22-15-6-5-11(7-16(15)23-2)19-12-8-17(24-3)18(25-4)9-13(12)20-14(19)10-21/h5-9,20-21H,10H2,1-4H3. The lowest BCUT2D eigenvalue weighted by Crippen LogP contribution is -1.92. The first-order chi connectivity index (χ1) is 12.2. The minimum absolute atomic E-state index is 0.122. The molecule has 132 valence electrons. The van der Waals surface area contributed by atoms with E-state index in [-0.39, 0.29) is 6.61 Å². The number of fused-ring (bicyclic) bond motifs is 1. The number of aromatic amines is 1. The Bertz CT molecular complexity index is 900. The molecule has 0 spiro atoms. The van der Waals surface area contributed by atoms with E-state index >= 15 is 0 Å². The summed E-state index contributed by atoms with van der Waals surface area (Å²) in [7, 11) is 6.38. The zero-order chi connectivity index (χ0) is 18.0. The second kappa shape index (κ2) is 6.94. The van der Waals surface area contributed by atoms with Crippen LogP contribution in [0.4, 0.5) is 0 Å². The third-order valence-electron chi connectivity index (χ3n) is 4.21. The Morgan fingerprint density at radius 3 is 2.00 bits per heavy atom. The average molecular weight is 343 g/mol. The van der Waals surface area contributed by atoms with Gasteiger partial charge in [-0.3, -0.25) is 0 Å². The molecule has 1 heterocycles. The van der Waals surface area contributed by atoms with Crippen molar-refractivity contribution in [2.75, 3.05) is 28.4 Å². The van der Waals surface area contributed by atoms with Crippen molar-refractivity contribution < 1.29 is 24.1 Å². The Kier molecular flexibility index (Phi) is 4.72. The van der Waals surface area contributed by atoms with Gasteiger partial charge in [-0.05, 0) is 23.8 Å². The number of hydrogen-bond acceptors (Lipinski definition) is 5. The van der Waals surface area contributed by atoms with Crippen LogP contribution in [-0.2, 0) is 6.61 Å². The number of aromatic nitrogens is 1. The van der Waals surface area contributed by atoms with Gasteiger partial charge in [-0.1, -0.05) is 6.07 Å². The zero-order valence-corrected chi connectivity index (χ0v) is 14.7. The van der Waals surface area contributed by atoms with E-state index in [0.29, 0.717) is 28.7 Å². The van der Waals surface area contributed by atoms with E-state index in [0.717, 1.165) is 22.0 Å². The first-order valence-electron chi connectivity index (χ1n) is 7.76. The molecule has 0 bridgehead atoms. The molecule has 6 heteroatoms. The van der Waals surface area contributed by atoms with Crippen molar-refractivity contribution in [1.82, 2.24) is 4.98 Å². The van der Waals surface area contributed by atoms with E-state index in [4.69, 9.17) is 18.9 Å². The SMILES string of the molecule is COc1ccc(-c2c(CO)[nH]c3cc(OC)c(OC)cc23)cc1OC. The van der Waals surface area contributed by atoms with Crippen molar-refractivity contribution in [2.24, 2.45) is 0 Å². The van der Waals surface area contributed by atoms with Gasteiger partial charge < -0.3 is 29.0 Å². The molecular formula is C19H21NO5. The van der Waals surface area contributed by atoms with E-state index in [9.17, 15) is 5.11 Å². The summed E-state index contributed by atoms with van der Waals surface area (Å²) in [4.78, 5) is 3.25. The molecule has 2 N–H and O–H groups in total. The molecule has 25 heavy (non-hydrogen) atoms. The topological polar surface area (TPSA) is 72.9 Å². The number of nitrogens with one attached hydrogen (secondary N) is 1. The minimum Gasteiger partial charge on any atom is -0.493 e. The molecule has 0 aliphatic rings. The lowest BCUT2D eigenvalue weighted by molar-refractivity contribution is 0.278. The normalized spacial score (nSPS) is 10.8. The first-order valence-corrected chi connectivity index (χ1v) is 7.76. The summed E-state index contributed by atoms with van der Waals surface area (Å²) in [6, 6.07) is 9.42. The van der Waals surface area contributed by atoms with Gasteiger partial charge in [0.2, 0.25) is 0 Å². The largest absolute Gasteiger partial charge is 0.493 e. The Hall–Kier alpha value is -2.86. The second-order valence-corrected chi connectivity index (χ2v) is 5.46. The Morgan fingerprint density at radius 1 is 0.800 bits per heavy atom. The highest BCUT2D eigenvalue weighted by atomic mass is 16.5. The predicted octanol–water partition coefficient (Wildman–Crippen LogP) is 3.36. The molecular weight excluding hydrogens is 322 g/mol. The molecule has 0 saturated carbocycles. The van der Waals surface area contributed by atoms with Crippen LogP contribution in [0.15, 0.2) is 30.3 Å². The quantitative estimate of drug-likeness (QED) is 0.718. The highest BCUT2D eigenvalue weighted by Crippen LogP contribution is 2.41. The summed E-state index contributed by atoms with van der Waals surface area (Å²) in [5.41, 5.74) is 3.35. The van der Waals surface area contributed by atoms with Crippen molar-refractivity contribution in [3.63, 3.8) is 0 Å². The van der Waals surface area contributed by atoms with Crippen molar-refractivity contribution >= 4 is 10.9 Å². The average Bonchev–Trinajstić information content (AvgIpc) is 3.03. The van der Waals surface area contributed by atoms with Gasteiger partial charge in [-0.2, -0.15) is 0 Å². The van der Waals surface area contributed by atoms with Crippen LogP contribution < -0.4 is 18.9 Å². The molecule has 0 aliphatic carbocycles. The summed E-state index contributed by atoms with van der Waals surface area (Å²) in [5, 5.41) is 10.7. The number of rotatable bonds is 6. The van der Waals surface area contributed by atoms with Gasteiger partial charge in [0.05, 0.1) is 40.6 Å². The van der Waals surface area contributed by atoms with Crippen LogP contribution in [0, 0.1) is 0 Å². The van der Waals surface area contributed by atoms with Crippen LogP contribution in [0.3, 0.4) is 0 Å². The van der Waals surface area contributed by atoms with Gasteiger partial charge >= 0.3 is 0 Å². The van der Waals surface area contributed by atoms with E-state index in [1.807, 2.05) is 30.3 Å². The van der Waals surface area contributed by atoms with E-state index in [1.165, 1.54) is 0 Å².